The zero-order valence-electron chi connectivity index (χ0n) is 7.28. The molecule has 0 spiro atoms. The SMILES string of the molecule is O=c1cc2occ3ccccc3c-2[nH]1. The summed E-state index contributed by atoms with van der Waals surface area (Å²) in [6, 6.07) is 9.24. The maximum atomic E-state index is 11.1. The van der Waals surface area contributed by atoms with E-state index in [1.54, 1.807) is 6.26 Å². The Morgan fingerprint density at radius 3 is 3.00 bits per heavy atom. The molecule has 0 fully saturated rings. The van der Waals surface area contributed by atoms with Crippen LogP contribution in [0.5, 0.6) is 0 Å². The zero-order chi connectivity index (χ0) is 9.54. The van der Waals surface area contributed by atoms with Crippen LogP contribution in [-0.2, 0) is 0 Å². The molecule has 0 radical (unpaired) electrons. The van der Waals surface area contributed by atoms with Crippen molar-refractivity contribution in [2.45, 2.75) is 0 Å². The molecule has 0 atom stereocenters. The molecule has 0 unspecified atom stereocenters. The molecule has 1 aromatic carbocycles. The first kappa shape index (κ1) is 7.38. The Morgan fingerprint density at radius 2 is 2.07 bits per heavy atom. The summed E-state index contributed by atoms with van der Waals surface area (Å²) in [5.74, 6) is 0.605. The molecule has 0 aliphatic carbocycles. The molecule has 2 aliphatic heterocycles. The van der Waals surface area contributed by atoms with Crippen LogP contribution in [0.25, 0.3) is 22.2 Å². The molecule has 68 valence electrons. The van der Waals surface area contributed by atoms with E-state index in [2.05, 4.69) is 4.98 Å². The predicted molar refractivity (Wildman–Crippen MR) is 53.5 cm³/mol. The highest BCUT2D eigenvalue weighted by atomic mass is 16.3. The van der Waals surface area contributed by atoms with E-state index in [-0.39, 0.29) is 5.56 Å². The number of nitrogens with one attached hydrogen (secondary N) is 1. The second-order valence-electron chi connectivity index (χ2n) is 3.20. The standard InChI is InChI=1S/C11H7NO2/c13-10-5-9-11(12-10)8-4-2-1-3-7(8)6-14-9/h1-6H,(H,12,13). The number of fused-ring (bicyclic) bond motifs is 3. The van der Waals surface area contributed by atoms with Gasteiger partial charge in [0.15, 0.2) is 5.76 Å². The lowest BCUT2D eigenvalue weighted by Gasteiger charge is -2.01. The van der Waals surface area contributed by atoms with Crippen LogP contribution in [0.3, 0.4) is 0 Å². The summed E-state index contributed by atoms with van der Waals surface area (Å²) in [5.41, 5.74) is 0.646. The van der Waals surface area contributed by atoms with Gasteiger partial charge in [0.05, 0.1) is 12.0 Å². The van der Waals surface area contributed by atoms with Gasteiger partial charge >= 0.3 is 0 Å². The third-order valence-corrected chi connectivity index (χ3v) is 2.30. The smallest absolute Gasteiger partial charge is 0.252 e. The summed E-state index contributed by atoms with van der Waals surface area (Å²) in [7, 11) is 0. The molecule has 0 saturated heterocycles. The molecule has 3 heteroatoms. The van der Waals surface area contributed by atoms with Crippen molar-refractivity contribution in [2.24, 2.45) is 0 Å². The predicted octanol–water partition coefficient (Wildman–Crippen LogP) is 2.23. The summed E-state index contributed by atoms with van der Waals surface area (Å²) in [6.45, 7) is 0. The van der Waals surface area contributed by atoms with E-state index in [0.29, 0.717) is 5.76 Å². The van der Waals surface area contributed by atoms with E-state index < -0.39 is 0 Å². The summed E-state index contributed by atoms with van der Waals surface area (Å²) in [5, 5.41) is 2.00. The van der Waals surface area contributed by atoms with Crippen LogP contribution in [0, 0.1) is 0 Å². The van der Waals surface area contributed by atoms with Crippen LogP contribution in [0.4, 0.5) is 0 Å². The van der Waals surface area contributed by atoms with E-state index in [0.717, 1.165) is 16.5 Å². The average molecular weight is 185 g/mol. The summed E-state index contributed by atoms with van der Waals surface area (Å²) in [6.07, 6.45) is 1.66. The lowest BCUT2D eigenvalue weighted by atomic mass is 10.1. The van der Waals surface area contributed by atoms with Gasteiger partial charge < -0.3 is 9.40 Å². The van der Waals surface area contributed by atoms with Crippen molar-refractivity contribution in [3.05, 3.63) is 46.9 Å². The fourth-order valence-corrected chi connectivity index (χ4v) is 1.66. The minimum atomic E-state index is -0.125. The van der Waals surface area contributed by atoms with Crippen molar-refractivity contribution < 1.29 is 4.42 Å². The van der Waals surface area contributed by atoms with Crippen molar-refractivity contribution in [2.75, 3.05) is 0 Å². The van der Waals surface area contributed by atoms with Crippen LogP contribution in [0.15, 0.2) is 45.8 Å². The summed E-state index contributed by atoms with van der Waals surface area (Å²) in [4.78, 5) is 13.9. The summed E-state index contributed by atoms with van der Waals surface area (Å²) >= 11 is 0. The summed E-state index contributed by atoms with van der Waals surface area (Å²) < 4.78 is 5.31. The van der Waals surface area contributed by atoms with Crippen molar-refractivity contribution >= 4 is 10.8 Å². The van der Waals surface area contributed by atoms with Gasteiger partial charge in [-0.25, -0.2) is 0 Å². The van der Waals surface area contributed by atoms with E-state index in [1.165, 1.54) is 6.07 Å². The molecule has 2 aliphatic rings. The zero-order valence-corrected chi connectivity index (χ0v) is 7.28. The van der Waals surface area contributed by atoms with Gasteiger partial charge in [0.25, 0.3) is 5.56 Å². The Labute approximate surface area is 79.3 Å². The molecule has 0 amide bonds. The Bertz CT molecular complexity index is 621. The van der Waals surface area contributed by atoms with Gasteiger partial charge in [0, 0.05) is 16.8 Å². The van der Waals surface area contributed by atoms with Gasteiger partial charge in [0.1, 0.15) is 0 Å². The molecule has 2 heterocycles. The van der Waals surface area contributed by atoms with Gasteiger partial charge in [-0.15, -0.1) is 0 Å². The van der Waals surface area contributed by atoms with Crippen LogP contribution in [-0.4, -0.2) is 4.98 Å². The third-order valence-electron chi connectivity index (χ3n) is 2.30. The number of rotatable bonds is 0. The van der Waals surface area contributed by atoms with E-state index in [4.69, 9.17) is 4.42 Å². The Hall–Kier alpha value is -2.03. The van der Waals surface area contributed by atoms with Crippen molar-refractivity contribution in [3.63, 3.8) is 0 Å². The van der Waals surface area contributed by atoms with E-state index in [1.807, 2.05) is 24.3 Å². The minimum Gasteiger partial charge on any atom is -0.462 e. The number of hydrogen-bond donors (Lipinski definition) is 1. The fraction of sp³-hybridized carbons (Fsp3) is 0. The second-order valence-corrected chi connectivity index (χ2v) is 3.20. The Morgan fingerprint density at radius 1 is 1.21 bits per heavy atom. The van der Waals surface area contributed by atoms with Crippen LogP contribution in [0.2, 0.25) is 0 Å². The van der Waals surface area contributed by atoms with Crippen LogP contribution in [0.1, 0.15) is 0 Å². The molecular weight excluding hydrogens is 178 g/mol. The monoisotopic (exact) mass is 185 g/mol. The minimum absolute atomic E-state index is 0.125. The maximum absolute atomic E-state index is 11.1. The molecule has 0 saturated carbocycles. The largest absolute Gasteiger partial charge is 0.462 e. The normalized spacial score (nSPS) is 11.1. The van der Waals surface area contributed by atoms with Crippen LogP contribution < -0.4 is 5.56 Å². The van der Waals surface area contributed by atoms with Crippen molar-refractivity contribution in [1.29, 1.82) is 0 Å². The molecule has 0 aromatic heterocycles. The maximum Gasteiger partial charge on any atom is 0.252 e. The molecular formula is C11H7NO2. The highest BCUT2D eigenvalue weighted by molar-refractivity contribution is 5.93. The fourth-order valence-electron chi connectivity index (χ4n) is 1.66. The Kier molecular flexibility index (Phi) is 1.31. The first-order valence-corrected chi connectivity index (χ1v) is 4.34. The molecule has 14 heavy (non-hydrogen) atoms. The number of H-pyrrole nitrogens is 1. The van der Waals surface area contributed by atoms with Gasteiger partial charge in [-0.3, -0.25) is 4.79 Å². The number of hydrogen-bond acceptors (Lipinski definition) is 2. The van der Waals surface area contributed by atoms with Crippen molar-refractivity contribution in [1.82, 2.24) is 4.98 Å². The van der Waals surface area contributed by atoms with Crippen LogP contribution >= 0.6 is 0 Å². The third kappa shape index (κ3) is 0.893. The molecule has 1 N–H and O–H groups in total. The molecule has 3 nitrogen and oxygen atoms in total. The molecule has 0 bridgehead atoms. The first-order valence-electron chi connectivity index (χ1n) is 4.34. The molecule has 3 rings (SSSR count). The Balaban J connectivity index is 2.59. The number of benzene rings is 1. The highest BCUT2D eigenvalue weighted by Crippen LogP contribution is 2.27. The number of aromatic amines is 1. The second kappa shape index (κ2) is 2.48. The van der Waals surface area contributed by atoms with E-state index in [9.17, 15) is 4.79 Å². The van der Waals surface area contributed by atoms with Gasteiger partial charge in [0.2, 0.25) is 0 Å². The quantitative estimate of drug-likeness (QED) is 0.583. The number of aromatic nitrogens is 1. The lowest BCUT2D eigenvalue weighted by Crippen LogP contribution is -1.93. The van der Waals surface area contributed by atoms with Gasteiger partial charge in [-0.05, 0) is 0 Å². The topological polar surface area (TPSA) is 46.0 Å². The average Bonchev–Trinajstić information content (AvgIpc) is 2.59. The van der Waals surface area contributed by atoms with E-state index >= 15 is 0 Å². The van der Waals surface area contributed by atoms with Gasteiger partial charge in [-0.2, -0.15) is 0 Å². The molecule has 1 aromatic rings. The highest BCUT2D eigenvalue weighted by Gasteiger charge is 2.11. The van der Waals surface area contributed by atoms with Crippen molar-refractivity contribution in [3.8, 4) is 11.5 Å². The first-order chi connectivity index (χ1) is 6.84. The van der Waals surface area contributed by atoms with Gasteiger partial charge in [-0.1, -0.05) is 24.3 Å². The lowest BCUT2D eigenvalue weighted by molar-refractivity contribution is 0.573.